The van der Waals surface area contributed by atoms with E-state index in [0.717, 1.165) is 29.2 Å². The molecule has 0 saturated carbocycles. The van der Waals surface area contributed by atoms with Crippen molar-refractivity contribution in [2.75, 3.05) is 6.61 Å². The minimum absolute atomic E-state index is 0. The summed E-state index contributed by atoms with van der Waals surface area (Å²) < 4.78 is 12.1. The second-order valence-electron chi connectivity index (χ2n) is 5.20. The van der Waals surface area contributed by atoms with Gasteiger partial charge in [-0.1, -0.05) is 25.1 Å². The van der Waals surface area contributed by atoms with Crippen molar-refractivity contribution < 1.29 is 9.47 Å². The van der Waals surface area contributed by atoms with Gasteiger partial charge in [0, 0.05) is 11.1 Å². The summed E-state index contributed by atoms with van der Waals surface area (Å²) in [4.78, 5) is 0. The van der Waals surface area contributed by atoms with Crippen LogP contribution in [-0.2, 0) is 12.3 Å². The van der Waals surface area contributed by atoms with E-state index in [1.165, 1.54) is 16.7 Å². The maximum absolute atomic E-state index is 6.21. The highest BCUT2D eigenvalue weighted by Crippen LogP contribution is 2.43. The second kappa shape index (κ2) is 8.80. The van der Waals surface area contributed by atoms with Crippen molar-refractivity contribution in [3.63, 3.8) is 0 Å². The number of para-hydroxylation sites is 1. The minimum atomic E-state index is 0. The smallest absolute Gasteiger partial charge is 0.174 e. The van der Waals surface area contributed by atoms with Gasteiger partial charge < -0.3 is 15.6 Å². The van der Waals surface area contributed by atoms with Crippen molar-refractivity contribution in [1.82, 2.24) is 6.15 Å². The van der Waals surface area contributed by atoms with Gasteiger partial charge >= 0.3 is 0 Å². The molecule has 2 rings (SSSR count). The van der Waals surface area contributed by atoms with Gasteiger partial charge in [0.15, 0.2) is 11.5 Å². The molecule has 3 N–H and O–H groups in total. The first-order valence-electron chi connectivity index (χ1n) is 7.70. The Morgan fingerprint density at radius 2 is 1.52 bits per heavy atom. The number of rotatable bonds is 6. The van der Waals surface area contributed by atoms with Gasteiger partial charge in [-0.15, -0.1) is 11.6 Å². The lowest BCUT2D eigenvalue weighted by molar-refractivity contribution is 0.316. The van der Waals surface area contributed by atoms with E-state index in [1.807, 2.05) is 37.3 Å². The Balaban J connectivity index is 0.00000264. The largest absolute Gasteiger partial charge is 0.490 e. The summed E-state index contributed by atoms with van der Waals surface area (Å²) in [6, 6.07) is 9.76. The quantitative estimate of drug-likeness (QED) is 0.663. The van der Waals surface area contributed by atoms with Crippen LogP contribution in [0, 0.1) is 13.8 Å². The van der Waals surface area contributed by atoms with Gasteiger partial charge in [-0.25, -0.2) is 0 Å². The predicted molar refractivity (Wildman–Crippen MR) is 97.6 cm³/mol. The molecule has 0 aliphatic rings. The highest BCUT2D eigenvalue weighted by molar-refractivity contribution is 6.17. The predicted octanol–water partition coefficient (Wildman–Crippen LogP) is 5.96. The van der Waals surface area contributed by atoms with Gasteiger partial charge in [0.25, 0.3) is 0 Å². The van der Waals surface area contributed by atoms with Crippen LogP contribution in [0.1, 0.15) is 36.1 Å². The molecule has 0 bridgehead atoms. The molecule has 0 fully saturated rings. The van der Waals surface area contributed by atoms with Gasteiger partial charge in [-0.3, -0.25) is 0 Å². The summed E-state index contributed by atoms with van der Waals surface area (Å²) >= 11 is 6.21. The molecule has 3 nitrogen and oxygen atoms in total. The lowest BCUT2D eigenvalue weighted by Crippen LogP contribution is -2.06. The Labute approximate surface area is 144 Å². The Bertz CT molecular complexity index is 642. The van der Waals surface area contributed by atoms with Gasteiger partial charge in [0.2, 0.25) is 0 Å². The summed E-state index contributed by atoms with van der Waals surface area (Å²) in [6.45, 7) is 8.94. The first-order valence-corrected chi connectivity index (χ1v) is 8.23. The number of hydrogen-bond donors (Lipinski definition) is 1. The van der Waals surface area contributed by atoms with Gasteiger partial charge in [0.05, 0.1) is 12.5 Å². The number of ether oxygens (including phenoxy) is 2. The number of halogens is 1. The highest BCUT2D eigenvalue weighted by atomic mass is 35.5. The van der Waals surface area contributed by atoms with E-state index in [4.69, 9.17) is 21.1 Å². The second-order valence-corrected chi connectivity index (χ2v) is 5.47. The first-order chi connectivity index (χ1) is 10.6. The lowest BCUT2D eigenvalue weighted by Gasteiger charge is -2.22. The molecule has 0 heterocycles. The Morgan fingerprint density at radius 1 is 0.913 bits per heavy atom. The van der Waals surface area contributed by atoms with Crippen LogP contribution in [0.15, 0.2) is 30.3 Å². The average molecular weight is 336 g/mol. The zero-order valence-electron chi connectivity index (χ0n) is 14.4. The van der Waals surface area contributed by atoms with E-state index in [-0.39, 0.29) is 6.15 Å². The van der Waals surface area contributed by atoms with Crippen molar-refractivity contribution in [2.24, 2.45) is 0 Å². The maximum Gasteiger partial charge on any atom is 0.174 e. The van der Waals surface area contributed by atoms with E-state index >= 15 is 0 Å². The Morgan fingerprint density at radius 3 is 2.04 bits per heavy atom. The van der Waals surface area contributed by atoms with Crippen LogP contribution in [-0.4, -0.2) is 6.61 Å². The summed E-state index contributed by atoms with van der Waals surface area (Å²) in [5, 5.41) is 0. The molecule has 0 amide bonds. The number of alkyl halides is 1. The molecule has 0 aromatic heterocycles. The van der Waals surface area contributed by atoms with Crippen molar-refractivity contribution in [1.29, 1.82) is 0 Å². The van der Waals surface area contributed by atoms with Crippen LogP contribution in [0.2, 0.25) is 0 Å². The van der Waals surface area contributed by atoms with Gasteiger partial charge in [-0.05, 0) is 50.5 Å². The fourth-order valence-electron chi connectivity index (χ4n) is 2.67. The highest BCUT2D eigenvalue weighted by Gasteiger charge is 2.21. The molecule has 2 aromatic carbocycles. The van der Waals surface area contributed by atoms with Crippen LogP contribution in [0.4, 0.5) is 0 Å². The summed E-state index contributed by atoms with van der Waals surface area (Å²) in [5.74, 6) is 2.77. The molecule has 0 aliphatic heterocycles. The van der Waals surface area contributed by atoms with Crippen molar-refractivity contribution in [3.8, 4) is 17.2 Å². The van der Waals surface area contributed by atoms with E-state index < -0.39 is 0 Å². The lowest BCUT2D eigenvalue weighted by atomic mass is 9.95. The molecule has 0 radical (unpaired) electrons. The fourth-order valence-corrected chi connectivity index (χ4v) is 2.99. The molecular weight excluding hydrogens is 310 g/mol. The van der Waals surface area contributed by atoms with Crippen LogP contribution >= 0.6 is 11.6 Å². The van der Waals surface area contributed by atoms with Gasteiger partial charge in [-0.2, -0.15) is 0 Å². The monoisotopic (exact) mass is 335 g/mol. The SMILES string of the molecule is CCOc1c(CC)c(C)c(C)c(CCl)c1Oc1ccccc1.N. The summed E-state index contributed by atoms with van der Waals surface area (Å²) in [5.41, 5.74) is 4.62. The molecule has 0 spiro atoms. The van der Waals surface area contributed by atoms with E-state index in [9.17, 15) is 0 Å². The molecule has 4 heteroatoms. The van der Waals surface area contributed by atoms with Crippen molar-refractivity contribution >= 4 is 11.6 Å². The maximum atomic E-state index is 6.21. The number of hydrogen-bond acceptors (Lipinski definition) is 3. The molecular formula is C19H26ClNO2. The van der Waals surface area contributed by atoms with E-state index in [2.05, 4.69) is 20.8 Å². The van der Waals surface area contributed by atoms with Crippen LogP contribution in [0.25, 0.3) is 0 Å². The van der Waals surface area contributed by atoms with Crippen LogP contribution in [0.5, 0.6) is 17.2 Å². The van der Waals surface area contributed by atoms with Crippen molar-refractivity contribution in [2.45, 2.75) is 40.0 Å². The molecule has 0 aliphatic carbocycles. The normalized spacial score (nSPS) is 10.1. The van der Waals surface area contributed by atoms with Crippen LogP contribution < -0.4 is 15.6 Å². The first kappa shape index (κ1) is 19.3. The Hall–Kier alpha value is -1.71. The topological polar surface area (TPSA) is 53.5 Å². The van der Waals surface area contributed by atoms with Crippen molar-refractivity contribution in [3.05, 3.63) is 52.6 Å². The van der Waals surface area contributed by atoms with E-state index in [0.29, 0.717) is 12.5 Å². The molecule has 2 aromatic rings. The third-order valence-electron chi connectivity index (χ3n) is 3.96. The Kier molecular flexibility index (Phi) is 7.40. The summed E-state index contributed by atoms with van der Waals surface area (Å²) in [7, 11) is 0. The van der Waals surface area contributed by atoms with E-state index in [1.54, 1.807) is 0 Å². The minimum Gasteiger partial charge on any atom is -0.490 e. The van der Waals surface area contributed by atoms with Gasteiger partial charge in [0.1, 0.15) is 5.75 Å². The molecule has 126 valence electrons. The zero-order chi connectivity index (χ0) is 16.1. The molecule has 23 heavy (non-hydrogen) atoms. The zero-order valence-corrected chi connectivity index (χ0v) is 15.2. The molecule has 0 atom stereocenters. The summed E-state index contributed by atoms with van der Waals surface area (Å²) in [6.07, 6.45) is 0.899. The van der Waals surface area contributed by atoms with Crippen LogP contribution in [0.3, 0.4) is 0 Å². The third kappa shape index (κ3) is 3.98. The molecule has 0 unspecified atom stereocenters. The standard InChI is InChI=1S/C19H23ClO2.H3N/c1-5-16-13(3)14(4)17(12-20)19(18(16)21-6-2)22-15-10-8-7-9-11-15;/h7-11H,5-6,12H2,1-4H3;1H3. The number of benzene rings is 2. The molecule has 0 saturated heterocycles. The fraction of sp³-hybridized carbons (Fsp3) is 0.368. The third-order valence-corrected chi connectivity index (χ3v) is 4.23. The average Bonchev–Trinajstić information content (AvgIpc) is 2.54.